The normalized spacial score (nSPS) is 22.1. The number of rotatable bonds is 9. The Morgan fingerprint density at radius 2 is 1.89 bits per heavy atom. The van der Waals surface area contributed by atoms with E-state index >= 15 is 0 Å². The molecule has 2 aliphatic rings. The first kappa shape index (κ1) is 28.1. The number of esters is 1. The minimum absolute atomic E-state index is 0.0114. The number of nitrogens with zero attached hydrogens (tertiary/aromatic N) is 2. The Hall–Kier alpha value is -2.90. The molecule has 0 aromatic heterocycles. The molecular formula is C31H43N3O4. The van der Waals surface area contributed by atoms with Gasteiger partial charge in [0.1, 0.15) is 5.75 Å². The predicted molar refractivity (Wildman–Crippen MR) is 150 cm³/mol. The molecule has 7 nitrogen and oxygen atoms in total. The molecule has 4 rings (SSSR count). The molecule has 0 spiro atoms. The van der Waals surface area contributed by atoms with Gasteiger partial charge in [-0.3, -0.25) is 14.5 Å². The first-order valence-electron chi connectivity index (χ1n) is 14.1. The number of amides is 1. The zero-order valence-electron chi connectivity index (χ0n) is 23.4. The van der Waals surface area contributed by atoms with Crippen molar-refractivity contribution in [3.63, 3.8) is 0 Å². The van der Waals surface area contributed by atoms with Crippen molar-refractivity contribution in [1.82, 2.24) is 10.2 Å². The van der Waals surface area contributed by atoms with E-state index in [4.69, 9.17) is 9.47 Å². The van der Waals surface area contributed by atoms with Crippen LogP contribution in [0.2, 0.25) is 0 Å². The third-order valence-electron chi connectivity index (χ3n) is 7.77. The molecule has 1 N–H and O–H groups in total. The van der Waals surface area contributed by atoms with Crippen LogP contribution < -0.4 is 15.0 Å². The summed E-state index contributed by atoms with van der Waals surface area (Å²) >= 11 is 0. The fraction of sp³-hybridized carbons (Fsp3) is 0.548. The second kappa shape index (κ2) is 13.3. The van der Waals surface area contributed by atoms with Crippen LogP contribution in [0.5, 0.6) is 5.75 Å². The fourth-order valence-corrected chi connectivity index (χ4v) is 5.59. The van der Waals surface area contributed by atoms with Gasteiger partial charge in [-0.05, 0) is 87.4 Å². The number of piperazine rings is 1. The summed E-state index contributed by atoms with van der Waals surface area (Å²) in [6.45, 7) is 10.7. The highest BCUT2D eigenvalue weighted by Gasteiger charge is 2.30. The van der Waals surface area contributed by atoms with Gasteiger partial charge in [0.2, 0.25) is 5.91 Å². The van der Waals surface area contributed by atoms with E-state index in [1.54, 1.807) is 0 Å². The monoisotopic (exact) mass is 521 g/mol. The standard InChI is InChI=1S/C31H43N3O4/c1-5-37-30(35)19-24-7-6-8-29(18-24)38-28-13-10-25(11-14-28)31(36)33(4)27-12-9-26(22(2)17-27)21-34-16-15-32-23(3)20-34/h6-9,12,17-18,23,25,28,32H,5,10-11,13-16,19-21H2,1-4H3/t23-,25-,28-/m0/s1. The SMILES string of the molecule is CCOC(=O)Cc1cccc(O[C@H]2CC[C@H](C(=O)N(C)c3ccc(CN4CCN[C@@H](C)C4)c(C)c3)CC2)c1. The van der Waals surface area contributed by atoms with Crippen LogP contribution >= 0.6 is 0 Å². The maximum atomic E-state index is 13.3. The first-order chi connectivity index (χ1) is 18.3. The average molecular weight is 522 g/mol. The molecule has 0 unspecified atom stereocenters. The molecule has 0 radical (unpaired) electrons. The molecule has 206 valence electrons. The van der Waals surface area contributed by atoms with E-state index in [9.17, 15) is 9.59 Å². The van der Waals surface area contributed by atoms with Crippen molar-refractivity contribution in [3.8, 4) is 5.75 Å². The zero-order valence-corrected chi connectivity index (χ0v) is 23.4. The van der Waals surface area contributed by atoms with Crippen molar-refractivity contribution >= 4 is 17.6 Å². The van der Waals surface area contributed by atoms with E-state index in [0.717, 1.165) is 68.9 Å². The number of ether oxygens (including phenoxy) is 2. The smallest absolute Gasteiger partial charge is 0.310 e. The van der Waals surface area contributed by atoms with Crippen LogP contribution in [-0.2, 0) is 27.3 Å². The van der Waals surface area contributed by atoms with Gasteiger partial charge < -0.3 is 19.7 Å². The summed E-state index contributed by atoms with van der Waals surface area (Å²) in [5, 5.41) is 3.50. The maximum Gasteiger partial charge on any atom is 0.310 e. The fourth-order valence-electron chi connectivity index (χ4n) is 5.59. The number of benzene rings is 2. The van der Waals surface area contributed by atoms with Gasteiger partial charge >= 0.3 is 5.97 Å². The van der Waals surface area contributed by atoms with Gasteiger partial charge in [-0.25, -0.2) is 0 Å². The Balaban J connectivity index is 1.27. The molecule has 2 fully saturated rings. The lowest BCUT2D eigenvalue weighted by Gasteiger charge is -2.32. The van der Waals surface area contributed by atoms with E-state index in [1.165, 1.54) is 11.1 Å². The first-order valence-corrected chi connectivity index (χ1v) is 14.1. The molecule has 1 saturated carbocycles. The number of aryl methyl sites for hydroxylation is 1. The van der Waals surface area contributed by atoms with Crippen molar-refractivity contribution in [1.29, 1.82) is 0 Å². The lowest BCUT2D eigenvalue weighted by atomic mass is 9.86. The number of hydrogen-bond acceptors (Lipinski definition) is 6. The number of hydrogen-bond donors (Lipinski definition) is 1. The van der Waals surface area contributed by atoms with E-state index in [1.807, 2.05) is 43.1 Å². The molecule has 1 atom stereocenters. The van der Waals surface area contributed by atoms with Gasteiger partial charge in [0.25, 0.3) is 0 Å². The van der Waals surface area contributed by atoms with Crippen molar-refractivity contribution in [2.75, 3.05) is 38.2 Å². The Bertz CT molecular complexity index is 1100. The number of anilines is 1. The minimum atomic E-state index is -0.230. The Labute approximate surface area is 227 Å². The van der Waals surface area contributed by atoms with Crippen LogP contribution in [0.25, 0.3) is 0 Å². The van der Waals surface area contributed by atoms with Crippen LogP contribution in [0.4, 0.5) is 5.69 Å². The molecule has 0 bridgehead atoms. The molecule has 1 saturated heterocycles. The third-order valence-corrected chi connectivity index (χ3v) is 7.77. The summed E-state index contributed by atoms with van der Waals surface area (Å²) < 4.78 is 11.3. The highest BCUT2D eigenvalue weighted by molar-refractivity contribution is 5.94. The number of nitrogens with one attached hydrogen (secondary N) is 1. The van der Waals surface area contributed by atoms with Crippen molar-refractivity contribution in [3.05, 3.63) is 59.2 Å². The van der Waals surface area contributed by atoms with E-state index in [-0.39, 0.29) is 30.3 Å². The van der Waals surface area contributed by atoms with Crippen molar-refractivity contribution in [2.45, 2.75) is 71.6 Å². The largest absolute Gasteiger partial charge is 0.490 e. The summed E-state index contributed by atoms with van der Waals surface area (Å²) in [5.74, 6) is 0.733. The van der Waals surface area contributed by atoms with Crippen LogP contribution in [0, 0.1) is 12.8 Å². The third kappa shape index (κ3) is 7.58. The number of carbonyl (C=O) groups excluding carboxylic acids is 2. The summed E-state index contributed by atoms with van der Waals surface area (Å²) in [7, 11) is 1.90. The Kier molecular flexibility index (Phi) is 9.80. The summed E-state index contributed by atoms with van der Waals surface area (Å²) in [5.41, 5.74) is 4.40. The van der Waals surface area contributed by atoms with Crippen LogP contribution in [0.3, 0.4) is 0 Å². The molecule has 2 aromatic carbocycles. The molecule has 1 heterocycles. The summed E-state index contributed by atoms with van der Waals surface area (Å²) in [4.78, 5) is 29.5. The topological polar surface area (TPSA) is 71.1 Å². The molecule has 1 aliphatic heterocycles. The minimum Gasteiger partial charge on any atom is -0.490 e. The second-order valence-corrected chi connectivity index (χ2v) is 10.8. The van der Waals surface area contributed by atoms with Gasteiger partial charge in [-0.1, -0.05) is 18.2 Å². The van der Waals surface area contributed by atoms with E-state index in [0.29, 0.717) is 12.6 Å². The lowest BCUT2D eigenvalue weighted by Crippen LogP contribution is -2.48. The van der Waals surface area contributed by atoms with Crippen molar-refractivity contribution in [2.24, 2.45) is 5.92 Å². The molecule has 38 heavy (non-hydrogen) atoms. The Morgan fingerprint density at radius 1 is 1.11 bits per heavy atom. The highest BCUT2D eigenvalue weighted by atomic mass is 16.5. The van der Waals surface area contributed by atoms with Gasteiger partial charge in [-0.2, -0.15) is 0 Å². The van der Waals surface area contributed by atoms with E-state index in [2.05, 4.69) is 42.3 Å². The van der Waals surface area contributed by atoms with E-state index < -0.39 is 0 Å². The zero-order chi connectivity index (χ0) is 27.1. The van der Waals surface area contributed by atoms with Gasteiger partial charge in [-0.15, -0.1) is 0 Å². The van der Waals surface area contributed by atoms with Gasteiger partial charge in [0, 0.05) is 50.9 Å². The van der Waals surface area contributed by atoms with Crippen LogP contribution in [0.15, 0.2) is 42.5 Å². The maximum absolute atomic E-state index is 13.3. The number of carbonyl (C=O) groups is 2. The average Bonchev–Trinajstić information content (AvgIpc) is 2.90. The summed E-state index contributed by atoms with van der Waals surface area (Å²) in [6.07, 6.45) is 3.63. The quantitative estimate of drug-likeness (QED) is 0.490. The van der Waals surface area contributed by atoms with Crippen LogP contribution in [0.1, 0.15) is 56.2 Å². The van der Waals surface area contributed by atoms with Crippen molar-refractivity contribution < 1.29 is 19.1 Å². The highest BCUT2D eigenvalue weighted by Crippen LogP contribution is 2.31. The second-order valence-electron chi connectivity index (χ2n) is 10.8. The Morgan fingerprint density at radius 3 is 2.61 bits per heavy atom. The summed E-state index contributed by atoms with van der Waals surface area (Å²) in [6, 6.07) is 14.6. The molecule has 1 aliphatic carbocycles. The molecular weight excluding hydrogens is 478 g/mol. The molecule has 2 aromatic rings. The van der Waals surface area contributed by atoms with Crippen LogP contribution in [-0.4, -0.2) is 62.2 Å². The molecule has 7 heteroatoms. The van der Waals surface area contributed by atoms with Gasteiger partial charge in [0.15, 0.2) is 0 Å². The predicted octanol–water partition coefficient (Wildman–Crippen LogP) is 4.49. The molecule has 1 amide bonds. The van der Waals surface area contributed by atoms with Gasteiger partial charge in [0.05, 0.1) is 19.1 Å². The lowest BCUT2D eigenvalue weighted by molar-refractivity contribution is -0.142.